The zero-order valence-electron chi connectivity index (χ0n) is 18.5. The molecule has 1 aliphatic heterocycles. The van der Waals surface area contributed by atoms with Crippen molar-refractivity contribution < 1.29 is 14.6 Å². The smallest absolute Gasteiger partial charge is 0.418 e. The number of aliphatic hydroxyl groups is 1. The van der Waals surface area contributed by atoms with Crippen molar-refractivity contribution in [2.75, 3.05) is 0 Å². The van der Waals surface area contributed by atoms with Crippen LogP contribution in [0.4, 0.5) is 4.79 Å². The van der Waals surface area contributed by atoms with E-state index in [0.717, 1.165) is 21.4 Å². The maximum absolute atomic E-state index is 12.9. The van der Waals surface area contributed by atoms with E-state index in [0.29, 0.717) is 5.56 Å². The number of H-pyrrole nitrogens is 1. The number of pyridine rings is 2. The number of nitrogens with one attached hydrogen (secondary N) is 1. The second-order valence-corrected chi connectivity index (χ2v) is 8.50. The first-order valence-electron chi connectivity index (χ1n) is 10.4. The molecule has 0 bridgehead atoms. The number of aromatic amines is 1. The summed E-state index contributed by atoms with van der Waals surface area (Å²) in [5.41, 5.74) is 1.61. The molecule has 168 valence electrons. The summed E-state index contributed by atoms with van der Waals surface area (Å²) < 4.78 is 5.49. The Balaban J connectivity index is 1.73. The zero-order chi connectivity index (χ0) is 23.6. The van der Waals surface area contributed by atoms with Crippen LogP contribution in [-0.4, -0.2) is 43.7 Å². The topological polar surface area (TPSA) is 108 Å². The molecule has 1 aromatic carbocycles. The van der Waals surface area contributed by atoms with Gasteiger partial charge in [0.05, 0.1) is 11.2 Å². The number of amides is 1. The van der Waals surface area contributed by atoms with Gasteiger partial charge in [-0.3, -0.25) is 9.78 Å². The van der Waals surface area contributed by atoms with Crippen molar-refractivity contribution in [1.29, 1.82) is 0 Å². The standard InChI is InChI=1S/C25H24N4O4/c1-25(2,3)33-24(32)29-21(11-10-17-6-4-8-19-18(17)7-5-13-26-19)28-20(23(29)31)14-16-9-12-22(30)27-15-16/h4-15,23,31H,1-3H3,(H,27,30)/b11-10+,20-14-. The van der Waals surface area contributed by atoms with Crippen LogP contribution in [0.15, 0.2) is 76.4 Å². The summed E-state index contributed by atoms with van der Waals surface area (Å²) in [6, 6.07) is 12.5. The minimum Gasteiger partial charge on any atom is -0.443 e. The maximum Gasteiger partial charge on any atom is 0.418 e. The maximum atomic E-state index is 12.9. The summed E-state index contributed by atoms with van der Waals surface area (Å²) in [5.74, 6) is 0.230. The van der Waals surface area contributed by atoms with E-state index in [-0.39, 0.29) is 17.1 Å². The number of nitrogens with zero attached hydrogens (tertiary/aromatic N) is 3. The van der Waals surface area contributed by atoms with Gasteiger partial charge in [-0.2, -0.15) is 0 Å². The van der Waals surface area contributed by atoms with Crippen molar-refractivity contribution in [2.45, 2.75) is 32.6 Å². The third-order valence-electron chi connectivity index (χ3n) is 4.80. The number of aliphatic hydroxyl groups excluding tert-OH is 1. The van der Waals surface area contributed by atoms with Crippen molar-refractivity contribution in [3.63, 3.8) is 0 Å². The molecule has 0 saturated heterocycles. The van der Waals surface area contributed by atoms with E-state index in [1.807, 2.05) is 36.4 Å². The van der Waals surface area contributed by atoms with Gasteiger partial charge in [0.15, 0.2) is 6.23 Å². The molecule has 0 radical (unpaired) electrons. The first-order chi connectivity index (χ1) is 15.7. The number of hydrogen-bond donors (Lipinski definition) is 2. The van der Waals surface area contributed by atoms with Gasteiger partial charge in [-0.05, 0) is 62.2 Å². The highest BCUT2D eigenvalue weighted by Crippen LogP contribution is 2.26. The number of carbonyl (C=O) groups is 1. The Morgan fingerprint density at radius 3 is 2.70 bits per heavy atom. The van der Waals surface area contributed by atoms with Gasteiger partial charge in [0.1, 0.15) is 11.4 Å². The minimum atomic E-state index is -1.35. The molecule has 0 spiro atoms. The lowest BCUT2D eigenvalue weighted by Gasteiger charge is -2.26. The van der Waals surface area contributed by atoms with Gasteiger partial charge in [0.2, 0.25) is 5.56 Å². The largest absolute Gasteiger partial charge is 0.443 e. The lowest BCUT2D eigenvalue weighted by molar-refractivity contribution is 0.0113. The summed E-state index contributed by atoms with van der Waals surface area (Å²) in [6.45, 7) is 5.25. The fraction of sp³-hybridized carbons (Fsp3) is 0.200. The van der Waals surface area contributed by atoms with Crippen LogP contribution in [0, 0.1) is 0 Å². The average molecular weight is 444 g/mol. The van der Waals surface area contributed by atoms with E-state index in [1.165, 1.54) is 12.3 Å². The van der Waals surface area contributed by atoms with Crippen molar-refractivity contribution in [2.24, 2.45) is 4.99 Å². The summed E-state index contributed by atoms with van der Waals surface area (Å²) in [6.07, 6.45) is 6.24. The Morgan fingerprint density at radius 1 is 1.15 bits per heavy atom. The number of benzene rings is 1. The lowest BCUT2D eigenvalue weighted by Crippen LogP contribution is -2.43. The predicted molar refractivity (Wildman–Crippen MR) is 127 cm³/mol. The van der Waals surface area contributed by atoms with Crippen LogP contribution in [0.5, 0.6) is 0 Å². The molecule has 0 saturated carbocycles. The molecular weight excluding hydrogens is 420 g/mol. The highest BCUT2D eigenvalue weighted by atomic mass is 16.6. The first-order valence-corrected chi connectivity index (χ1v) is 10.4. The predicted octanol–water partition coefficient (Wildman–Crippen LogP) is 3.95. The Kier molecular flexibility index (Phi) is 5.93. The van der Waals surface area contributed by atoms with Crippen LogP contribution in [0.1, 0.15) is 31.9 Å². The van der Waals surface area contributed by atoms with Gasteiger partial charge in [0, 0.05) is 23.8 Å². The third kappa shape index (κ3) is 5.07. The van der Waals surface area contributed by atoms with Crippen molar-refractivity contribution >= 4 is 35.0 Å². The van der Waals surface area contributed by atoms with E-state index in [4.69, 9.17) is 4.74 Å². The number of amidine groups is 1. The molecular formula is C25H24N4O4. The van der Waals surface area contributed by atoms with Crippen LogP contribution < -0.4 is 5.56 Å². The number of aliphatic imine (C=N–C) groups is 1. The molecule has 8 nitrogen and oxygen atoms in total. The summed E-state index contributed by atoms with van der Waals surface area (Å²) in [7, 11) is 0. The van der Waals surface area contributed by atoms with Crippen LogP contribution in [0.3, 0.4) is 0 Å². The fourth-order valence-electron chi connectivity index (χ4n) is 3.35. The molecule has 1 atom stereocenters. The van der Waals surface area contributed by atoms with Crippen molar-refractivity contribution in [1.82, 2.24) is 14.9 Å². The second-order valence-electron chi connectivity index (χ2n) is 8.50. The molecule has 2 N–H and O–H groups in total. The number of carbonyl (C=O) groups excluding carboxylic acids is 1. The molecule has 3 aromatic rings. The van der Waals surface area contributed by atoms with Gasteiger partial charge in [-0.15, -0.1) is 0 Å². The number of aromatic nitrogens is 2. The van der Waals surface area contributed by atoms with E-state index < -0.39 is 17.9 Å². The van der Waals surface area contributed by atoms with Crippen LogP contribution in [0.2, 0.25) is 0 Å². The van der Waals surface area contributed by atoms with Crippen LogP contribution >= 0.6 is 0 Å². The lowest BCUT2D eigenvalue weighted by atomic mass is 10.1. The summed E-state index contributed by atoms with van der Waals surface area (Å²) in [4.78, 5) is 36.7. The van der Waals surface area contributed by atoms with Crippen LogP contribution in [0.25, 0.3) is 23.1 Å². The molecule has 8 heteroatoms. The number of ether oxygens (including phenoxy) is 1. The Morgan fingerprint density at radius 2 is 1.97 bits per heavy atom. The SMILES string of the molecule is CC(C)(C)OC(=O)N1C(/C=C/c2cccc3ncccc23)=NC(=C\c2ccc(=O)[nH]c2)/C1O. The Labute approximate surface area is 190 Å². The average Bonchev–Trinajstić information content (AvgIpc) is 3.07. The van der Waals surface area contributed by atoms with Crippen LogP contribution in [-0.2, 0) is 4.74 Å². The quantitative estimate of drug-likeness (QED) is 0.636. The first kappa shape index (κ1) is 22.2. The number of rotatable bonds is 3. The number of fused-ring (bicyclic) bond motifs is 1. The molecule has 3 heterocycles. The summed E-state index contributed by atoms with van der Waals surface area (Å²) in [5, 5.41) is 11.8. The highest BCUT2D eigenvalue weighted by Gasteiger charge is 2.37. The van der Waals surface area contributed by atoms with E-state index in [2.05, 4.69) is 15.0 Å². The normalized spacial score (nSPS) is 17.7. The van der Waals surface area contributed by atoms with E-state index in [9.17, 15) is 14.7 Å². The van der Waals surface area contributed by atoms with Gasteiger partial charge >= 0.3 is 6.09 Å². The molecule has 0 fully saturated rings. The highest BCUT2D eigenvalue weighted by molar-refractivity contribution is 6.08. The number of hydrogen-bond acceptors (Lipinski definition) is 6. The monoisotopic (exact) mass is 444 g/mol. The Hall–Kier alpha value is -4.04. The molecule has 2 aromatic heterocycles. The second kappa shape index (κ2) is 8.84. The van der Waals surface area contributed by atoms with Crippen molar-refractivity contribution in [3.8, 4) is 0 Å². The minimum absolute atomic E-state index is 0.230. The summed E-state index contributed by atoms with van der Waals surface area (Å²) >= 11 is 0. The Bertz CT molecular complexity index is 1320. The van der Waals surface area contributed by atoms with Gasteiger partial charge < -0.3 is 14.8 Å². The molecule has 0 aliphatic carbocycles. The molecule has 4 rings (SSSR count). The van der Waals surface area contributed by atoms with Gasteiger partial charge in [-0.25, -0.2) is 14.7 Å². The van der Waals surface area contributed by atoms with E-state index in [1.54, 1.807) is 45.2 Å². The van der Waals surface area contributed by atoms with Gasteiger partial charge in [-0.1, -0.05) is 24.3 Å². The van der Waals surface area contributed by atoms with Crippen molar-refractivity contribution in [3.05, 3.63) is 88.1 Å². The molecule has 33 heavy (non-hydrogen) atoms. The fourth-order valence-corrected chi connectivity index (χ4v) is 3.35. The van der Waals surface area contributed by atoms with Gasteiger partial charge in [0.25, 0.3) is 0 Å². The molecule has 1 aliphatic rings. The van der Waals surface area contributed by atoms with E-state index >= 15 is 0 Å². The molecule has 1 unspecified atom stereocenters. The zero-order valence-corrected chi connectivity index (χ0v) is 18.5. The third-order valence-corrected chi connectivity index (χ3v) is 4.80. The molecule has 1 amide bonds.